The molecule has 0 bridgehead atoms. The van der Waals surface area contributed by atoms with Crippen LogP contribution in [0.1, 0.15) is 5.56 Å². The number of nitrogen functional groups attached to an aromatic ring is 2. The van der Waals surface area contributed by atoms with Gasteiger partial charge in [-0.25, -0.2) is 4.79 Å². The second-order valence-electron chi connectivity index (χ2n) is 5.61. The van der Waals surface area contributed by atoms with Crippen molar-refractivity contribution in [2.75, 3.05) is 16.8 Å². The van der Waals surface area contributed by atoms with Gasteiger partial charge in [-0.1, -0.05) is 48.5 Å². The molecule has 0 aromatic heterocycles. The van der Waals surface area contributed by atoms with Crippen molar-refractivity contribution in [2.24, 2.45) is 0 Å². The Bertz CT molecular complexity index is 879. The van der Waals surface area contributed by atoms with Crippen LogP contribution in [-0.2, 0) is 11.3 Å². The molecule has 126 valence electrons. The Morgan fingerprint density at radius 1 is 0.880 bits per heavy atom. The second kappa shape index (κ2) is 7.40. The van der Waals surface area contributed by atoms with Crippen LogP contribution in [0.25, 0.3) is 11.1 Å². The number of rotatable bonds is 4. The zero-order chi connectivity index (χ0) is 17.6. The molecule has 3 aromatic rings. The van der Waals surface area contributed by atoms with Gasteiger partial charge in [-0.2, -0.15) is 0 Å². The van der Waals surface area contributed by atoms with Crippen LogP contribution in [0.15, 0.2) is 72.8 Å². The molecular formula is C20H19N3O2. The molecule has 25 heavy (non-hydrogen) atoms. The van der Waals surface area contributed by atoms with Gasteiger partial charge in [0.2, 0.25) is 0 Å². The first-order valence-electron chi connectivity index (χ1n) is 7.85. The summed E-state index contributed by atoms with van der Waals surface area (Å²) in [5.74, 6) is 0. The van der Waals surface area contributed by atoms with Crippen molar-refractivity contribution >= 4 is 23.2 Å². The highest BCUT2D eigenvalue weighted by Gasteiger charge is 2.09. The van der Waals surface area contributed by atoms with E-state index in [9.17, 15) is 4.79 Å². The molecular weight excluding hydrogens is 314 g/mol. The Hall–Kier alpha value is -3.47. The Kier molecular flexibility index (Phi) is 4.85. The zero-order valence-corrected chi connectivity index (χ0v) is 13.6. The molecule has 0 radical (unpaired) electrons. The van der Waals surface area contributed by atoms with Crippen LogP contribution in [0.5, 0.6) is 0 Å². The van der Waals surface area contributed by atoms with Crippen LogP contribution in [0, 0.1) is 0 Å². The van der Waals surface area contributed by atoms with Gasteiger partial charge in [-0.05, 0) is 41.0 Å². The molecule has 3 rings (SSSR count). The van der Waals surface area contributed by atoms with Crippen LogP contribution in [0.3, 0.4) is 0 Å². The first-order valence-corrected chi connectivity index (χ1v) is 7.85. The van der Waals surface area contributed by atoms with E-state index in [1.165, 1.54) is 0 Å². The zero-order valence-electron chi connectivity index (χ0n) is 13.6. The topological polar surface area (TPSA) is 90.4 Å². The van der Waals surface area contributed by atoms with Gasteiger partial charge < -0.3 is 16.2 Å². The van der Waals surface area contributed by atoms with Gasteiger partial charge in [0, 0.05) is 5.69 Å². The van der Waals surface area contributed by atoms with E-state index in [0.29, 0.717) is 17.1 Å². The number of carbonyl (C=O) groups excluding carboxylic acids is 1. The lowest BCUT2D eigenvalue weighted by molar-refractivity contribution is 0.155. The highest BCUT2D eigenvalue weighted by atomic mass is 16.5. The number of carbonyl (C=O) groups is 1. The van der Waals surface area contributed by atoms with Crippen LogP contribution in [0.2, 0.25) is 0 Å². The van der Waals surface area contributed by atoms with E-state index in [4.69, 9.17) is 16.2 Å². The summed E-state index contributed by atoms with van der Waals surface area (Å²) < 4.78 is 5.23. The molecule has 0 aliphatic carbocycles. The van der Waals surface area contributed by atoms with Crippen LogP contribution in [0.4, 0.5) is 21.9 Å². The number of ether oxygens (including phenoxy) is 1. The lowest BCUT2D eigenvalue weighted by atomic mass is 10.0. The minimum absolute atomic E-state index is 0.196. The quantitative estimate of drug-likeness (QED) is 0.622. The van der Waals surface area contributed by atoms with Crippen molar-refractivity contribution in [1.29, 1.82) is 0 Å². The number of nitrogens with two attached hydrogens (primary N) is 2. The normalized spacial score (nSPS) is 10.2. The Morgan fingerprint density at radius 3 is 2.40 bits per heavy atom. The molecule has 5 nitrogen and oxygen atoms in total. The van der Waals surface area contributed by atoms with Gasteiger partial charge in [0.1, 0.15) is 6.61 Å². The van der Waals surface area contributed by atoms with Crippen LogP contribution < -0.4 is 16.8 Å². The molecule has 0 atom stereocenters. The molecule has 0 unspecified atom stereocenters. The van der Waals surface area contributed by atoms with Crippen molar-refractivity contribution in [3.63, 3.8) is 0 Å². The fraction of sp³-hybridized carbons (Fsp3) is 0.0500. The molecule has 5 N–H and O–H groups in total. The smallest absolute Gasteiger partial charge is 0.412 e. The van der Waals surface area contributed by atoms with E-state index in [1.807, 2.05) is 60.7 Å². The summed E-state index contributed by atoms with van der Waals surface area (Å²) in [5.41, 5.74) is 16.2. The number of anilines is 3. The number of nitrogens with one attached hydrogen (secondary N) is 1. The predicted molar refractivity (Wildman–Crippen MR) is 101 cm³/mol. The van der Waals surface area contributed by atoms with Crippen LogP contribution >= 0.6 is 0 Å². The van der Waals surface area contributed by atoms with Crippen molar-refractivity contribution in [2.45, 2.75) is 6.61 Å². The first-order chi connectivity index (χ1) is 12.1. The number of hydrogen-bond acceptors (Lipinski definition) is 4. The number of benzene rings is 3. The van der Waals surface area contributed by atoms with Gasteiger partial charge >= 0.3 is 6.09 Å². The molecule has 0 spiro atoms. The Morgan fingerprint density at radius 2 is 1.64 bits per heavy atom. The average molecular weight is 333 g/mol. The summed E-state index contributed by atoms with van der Waals surface area (Å²) in [7, 11) is 0. The largest absolute Gasteiger partial charge is 0.444 e. The summed E-state index contributed by atoms with van der Waals surface area (Å²) >= 11 is 0. The first kappa shape index (κ1) is 16.4. The molecule has 3 aromatic carbocycles. The SMILES string of the molecule is Nc1cccc(-c2ccc(N)c(NC(=O)OCc3ccccc3)c2)c1. The van der Waals surface area contributed by atoms with Crippen LogP contribution in [-0.4, -0.2) is 6.09 Å². The summed E-state index contributed by atoms with van der Waals surface area (Å²) in [5, 5.41) is 2.69. The number of hydrogen-bond donors (Lipinski definition) is 3. The van der Waals surface area contributed by atoms with E-state index >= 15 is 0 Å². The van der Waals surface area contributed by atoms with Gasteiger partial charge in [-0.15, -0.1) is 0 Å². The van der Waals surface area contributed by atoms with E-state index < -0.39 is 6.09 Å². The monoisotopic (exact) mass is 333 g/mol. The standard InChI is InChI=1S/C20H19N3O2/c21-17-8-4-7-15(11-17)16-9-10-18(22)19(12-16)23-20(24)25-13-14-5-2-1-3-6-14/h1-12H,13,21-22H2,(H,23,24). The fourth-order valence-corrected chi connectivity index (χ4v) is 2.43. The average Bonchev–Trinajstić information content (AvgIpc) is 2.63. The predicted octanol–water partition coefficient (Wildman–Crippen LogP) is 4.27. The fourth-order valence-electron chi connectivity index (χ4n) is 2.43. The van der Waals surface area contributed by atoms with Crippen molar-refractivity contribution in [1.82, 2.24) is 0 Å². The molecule has 0 saturated heterocycles. The van der Waals surface area contributed by atoms with E-state index in [1.54, 1.807) is 12.1 Å². The van der Waals surface area contributed by atoms with Crippen molar-refractivity contribution in [3.05, 3.63) is 78.4 Å². The highest BCUT2D eigenvalue weighted by Crippen LogP contribution is 2.28. The third-order valence-corrected chi connectivity index (χ3v) is 3.72. The molecule has 5 heteroatoms. The maximum Gasteiger partial charge on any atom is 0.412 e. The molecule has 0 heterocycles. The summed E-state index contributed by atoms with van der Waals surface area (Å²) in [6.45, 7) is 0.196. The molecule has 0 saturated carbocycles. The number of amides is 1. The molecule has 0 aliphatic heterocycles. The third kappa shape index (κ3) is 4.29. The minimum atomic E-state index is -0.555. The maximum absolute atomic E-state index is 12.0. The Labute approximate surface area is 146 Å². The van der Waals surface area contributed by atoms with E-state index in [-0.39, 0.29) is 6.61 Å². The van der Waals surface area contributed by atoms with Crippen molar-refractivity contribution < 1.29 is 9.53 Å². The van der Waals surface area contributed by atoms with E-state index in [2.05, 4.69) is 5.32 Å². The minimum Gasteiger partial charge on any atom is -0.444 e. The van der Waals surface area contributed by atoms with Gasteiger partial charge in [-0.3, -0.25) is 5.32 Å². The Balaban J connectivity index is 1.71. The van der Waals surface area contributed by atoms with Crippen molar-refractivity contribution in [3.8, 4) is 11.1 Å². The highest BCUT2D eigenvalue weighted by molar-refractivity contribution is 5.90. The molecule has 1 amide bonds. The lowest BCUT2D eigenvalue weighted by Crippen LogP contribution is -2.14. The van der Waals surface area contributed by atoms with E-state index in [0.717, 1.165) is 16.7 Å². The van der Waals surface area contributed by atoms with Gasteiger partial charge in [0.25, 0.3) is 0 Å². The summed E-state index contributed by atoms with van der Waals surface area (Å²) in [6, 6.07) is 22.4. The lowest BCUT2D eigenvalue weighted by Gasteiger charge is -2.11. The summed E-state index contributed by atoms with van der Waals surface area (Å²) in [4.78, 5) is 12.0. The van der Waals surface area contributed by atoms with Gasteiger partial charge in [0.05, 0.1) is 11.4 Å². The second-order valence-corrected chi connectivity index (χ2v) is 5.61. The maximum atomic E-state index is 12.0. The van der Waals surface area contributed by atoms with Gasteiger partial charge in [0.15, 0.2) is 0 Å². The molecule has 0 aliphatic rings. The molecule has 0 fully saturated rings. The third-order valence-electron chi connectivity index (χ3n) is 3.72. The summed E-state index contributed by atoms with van der Waals surface area (Å²) in [6.07, 6.45) is -0.555.